The topological polar surface area (TPSA) is 69.4 Å². The van der Waals surface area contributed by atoms with Gasteiger partial charge in [-0.2, -0.15) is 0 Å². The second kappa shape index (κ2) is 4.80. The van der Waals surface area contributed by atoms with Crippen LogP contribution in [0.3, 0.4) is 0 Å². The third-order valence-corrected chi connectivity index (χ3v) is 3.49. The molecule has 0 atom stereocenters. The Bertz CT molecular complexity index is 283. The van der Waals surface area contributed by atoms with E-state index >= 15 is 0 Å². The SMILES string of the molecule is CC(C)(N)CS(=O)(=O)CCOC(C)(C)C. The van der Waals surface area contributed by atoms with Crippen LogP contribution in [0.5, 0.6) is 0 Å². The second-order valence-corrected chi connectivity index (χ2v) is 7.73. The summed E-state index contributed by atoms with van der Waals surface area (Å²) in [6.07, 6.45) is 0. The van der Waals surface area contributed by atoms with Crippen molar-refractivity contribution >= 4 is 9.84 Å². The molecule has 0 bridgehead atoms. The van der Waals surface area contributed by atoms with E-state index in [2.05, 4.69) is 0 Å². The van der Waals surface area contributed by atoms with Gasteiger partial charge in [-0.25, -0.2) is 8.42 Å². The van der Waals surface area contributed by atoms with Gasteiger partial charge in [0.1, 0.15) is 0 Å². The van der Waals surface area contributed by atoms with Crippen LogP contribution in [0.15, 0.2) is 0 Å². The van der Waals surface area contributed by atoms with Crippen molar-refractivity contribution < 1.29 is 13.2 Å². The van der Waals surface area contributed by atoms with Crippen LogP contribution in [0.4, 0.5) is 0 Å². The van der Waals surface area contributed by atoms with E-state index in [9.17, 15) is 8.42 Å². The number of hydrogen-bond donors (Lipinski definition) is 1. The molecule has 92 valence electrons. The predicted octanol–water partition coefficient (Wildman–Crippen LogP) is 0.954. The molecule has 5 heteroatoms. The summed E-state index contributed by atoms with van der Waals surface area (Å²) >= 11 is 0. The minimum Gasteiger partial charge on any atom is -0.375 e. The molecule has 0 rings (SSSR count). The van der Waals surface area contributed by atoms with E-state index in [-0.39, 0.29) is 23.7 Å². The minimum absolute atomic E-state index is 0.00645. The highest BCUT2D eigenvalue weighted by Crippen LogP contribution is 2.08. The summed E-state index contributed by atoms with van der Waals surface area (Å²) in [4.78, 5) is 0. The first-order valence-corrected chi connectivity index (χ1v) is 6.87. The first kappa shape index (κ1) is 14.9. The molecule has 0 heterocycles. The lowest BCUT2D eigenvalue weighted by molar-refractivity contribution is 0.00644. The van der Waals surface area contributed by atoms with E-state index in [1.807, 2.05) is 20.8 Å². The fraction of sp³-hybridized carbons (Fsp3) is 1.00. The fourth-order valence-electron chi connectivity index (χ4n) is 1.11. The van der Waals surface area contributed by atoms with Crippen molar-refractivity contribution in [2.75, 3.05) is 18.1 Å². The van der Waals surface area contributed by atoms with E-state index in [1.54, 1.807) is 13.8 Å². The molecule has 0 saturated carbocycles. The van der Waals surface area contributed by atoms with Crippen molar-refractivity contribution in [3.8, 4) is 0 Å². The molecular weight excluding hydrogens is 214 g/mol. The number of hydrogen-bond acceptors (Lipinski definition) is 4. The van der Waals surface area contributed by atoms with E-state index in [4.69, 9.17) is 10.5 Å². The molecule has 0 unspecified atom stereocenters. The highest BCUT2D eigenvalue weighted by atomic mass is 32.2. The van der Waals surface area contributed by atoms with Crippen LogP contribution in [0.1, 0.15) is 34.6 Å². The van der Waals surface area contributed by atoms with Crippen LogP contribution in [0.2, 0.25) is 0 Å². The molecule has 0 spiro atoms. The number of nitrogens with two attached hydrogens (primary N) is 1. The van der Waals surface area contributed by atoms with Gasteiger partial charge in [0, 0.05) is 5.54 Å². The maximum atomic E-state index is 11.6. The third-order valence-electron chi connectivity index (χ3n) is 1.52. The van der Waals surface area contributed by atoms with Gasteiger partial charge in [0.05, 0.1) is 23.7 Å². The van der Waals surface area contributed by atoms with Gasteiger partial charge < -0.3 is 10.5 Å². The van der Waals surface area contributed by atoms with Gasteiger partial charge in [-0.1, -0.05) is 0 Å². The monoisotopic (exact) mass is 237 g/mol. The van der Waals surface area contributed by atoms with Crippen molar-refractivity contribution in [2.45, 2.75) is 45.8 Å². The van der Waals surface area contributed by atoms with Crippen LogP contribution < -0.4 is 5.73 Å². The Labute approximate surface area is 93.1 Å². The largest absolute Gasteiger partial charge is 0.375 e. The zero-order valence-corrected chi connectivity index (χ0v) is 11.1. The molecule has 0 aliphatic rings. The van der Waals surface area contributed by atoms with Gasteiger partial charge in [-0.3, -0.25) is 0 Å². The average molecular weight is 237 g/mol. The molecule has 0 fully saturated rings. The molecule has 0 aromatic rings. The van der Waals surface area contributed by atoms with Crippen LogP contribution in [-0.4, -0.2) is 37.7 Å². The Balaban J connectivity index is 4.08. The van der Waals surface area contributed by atoms with Crippen molar-refractivity contribution in [1.29, 1.82) is 0 Å². The molecule has 0 saturated heterocycles. The zero-order chi connectivity index (χ0) is 12.3. The highest BCUT2D eigenvalue weighted by molar-refractivity contribution is 7.91. The van der Waals surface area contributed by atoms with E-state index in [0.717, 1.165) is 0 Å². The fourth-order valence-corrected chi connectivity index (χ4v) is 2.73. The van der Waals surface area contributed by atoms with Crippen LogP contribution in [0, 0.1) is 0 Å². The second-order valence-electron chi connectivity index (χ2n) is 5.54. The predicted molar refractivity (Wildman–Crippen MR) is 62.6 cm³/mol. The number of rotatable bonds is 5. The summed E-state index contributed by atoms with van der Waals surface area (Å²) < 4.78 is 28.5. The molecule has 15 heavy (non-hydrogen) atoms. The molecule has 0 aliphatic heterocycles. The lowest BCUT2D eigenvalue weighted by Crippen LogP contribution is -2.41. The minimum atomic E-state index is -3.11. The highest BCUT2D eigenvalue weighted by Gasteiger charge is 2.22. The lowest BCUT2D eigenvalue weighted by Gasteiger charge is -2.21. The van der Waals surface area contributed by atoms with Gasteiger partial charge in [0.2, 0.25) is 0 Å². The first-order valence-electron chi connectivity index (χ1n) is 5.05. The summed E-state index contributed by atoms with van der Waals surface area (Å²) in [5, 5.41) is 0. The summed E-state index contributed by atoms with van der Waals surface area (Å²) in [5.74, 6) is 0.0262. The molecular formula is C10H23NO3S. The zero-order valence-electron chi connectivity index (χ0n) is 10.3. The van der Waals surface area contributed by atoms with Crippen molar-refractivity contribution in [1.82, 2.24) is 0 Å². The van der Waals surface area contributed by atoms with E-state index in [0.29, 0.717) is 0 Å². The Hall–Kier alpha value is -0.130. The molecule has 4 nitrogen and oxygen atoms in total. The smallest absolute Gasteiger partial charge is 0.154 e. The summed E-state index contributed by atoms with van der Waals surface area (Å²) in [7, 11) is -3.11. The number of ether oxygens (including phenoxy) is 1. The van der Waals surface area contributed by atoms with Gasteiger partial charge in [-0.05, 0) is 34.6 Å². The van der Waals surface area contributed by atoms with Gasteiger partial charge in [0.25, 0.3) is 0 Å². The Morgan fingerprint density at radius 1 is 1.13 bits per heavy atom. The van der Waals surface area contributed by atoms with E-state index < -0.39 is 15.4 Å². The van der Waals surface area contributed by atoms with Gasteiger partial charge in [-0.15, -0.1) is 0 Å². The molecule has 0 aliphatic carbocycles. The van der Waals surface area contributed by atoms with E-state index in [1.165, 1.54) is 0 Å². The quantitative estimate of drug-likeness (QED) is 0.773. The molecule has 0 aromatic heterocycles. The third kappa shape index (κ3) is 10.2. The molecule has 0 radical (unpaired) electrons. The first-order chi connectivity index (χ1) is 6.41. The maximum absolute atomic E-state index is 11.6. The van der Waals surface area contributed by atoms with Gasteiger partial charge in [0.15, 0.2) is 9.84 Å². The lowest BCUT2D eigenvalue weighted by atomic mass is 10.1. The van der Waals surface area contributed by atoms with Crippen molar-refractivity contribution in [3.05, 3.63) is 0 Å². The Morgan fingerprint density at radius 3 is 1.93 bits per heavy atom. The normalized spacial score (nSPS) is 14.3. The summed E-state index contributed by atoms with van der Waals surface area (Å²) in [6, 6.07) is 0. The maximum Gasteiger partial charge on any atom is 0.154 e. The Kier molecular flexibility index (Phi) is 4.76. The average Bonchev–Trinajstić information content (AvgIpc) is 1.75. The van der Waals surface area contributed by atoms with Crippen LogP contribution in [0.25, 0.3) is 0 Å². The number of sulfone groups is 1. The molecule has 2 N–H and O–H groups in total. The Morgan fingerprint density at radius 2 is 1.60 bits per heavy atom. The van der Waals surface area contributed by atoms with Crippen LogP contribution >= 0.6 is 0 Å². The van der Waals surface area contributed by atoms with Crippen molar-refractivity contribution in [3.63, 3.8) is 0 Å². The summed E-state index contributed by atoms with van der Waals surface area (Å²) in [5.41, 5.74) is 4.68. The molecule has 0 amide bonds. The van der Waals surface area contributed by atoms with Crippen LogP contribution in [-0.2, 0) is 14.6 Å². The van der Waals surface area contributed by atoms with Crippen molar-refractivity contribution in [2.24, 2.45) is 5.73 Å². The summed E-state index contributed by atoms with van der Waals surface area (Å²) in [6.45, 7) is 9.32. The standard InChI is InChI=1S/C10H23NO3S/c1-9(2,3)14-6-7-15(12,13)8-10(4,5)11/h6-8,11H2,1-5H3. The van der Waals surface area contributed by atoms with Gasteiger partial charge >= 0.3 is 0 Å². The molecule has 0 aromatic carbocycles.